The summed E-state index contributed by atoms with van der Waals surface area (Å²) in [6.45, 7) is 1.64. The van der Waals surface area contributed by atoms with Crippen LogP contribution in [-0.4, -0.2) is 31.9 Å². The monoisotopic (exact) mass is 319 g/mol. The molecule has 2 unspecified atom stereocenters. The van der Waals surface area contributed by atoms with Crippen molar-refractivity contribution in [2.75, 3.05) is 5.75 Å². The maximum Gasteiger partial charge on any atom is 0.244 e. The molecule has 1 aliphatic heterocycles. The number of halogens is 2. The van der Waals surface area contributed by atoms with Crippen LogP contribution in [-0.2, 0) is 26.9 Å². The third-order valence-corrected chi connectivity index (χ3v) is 5.03. The van der Waals surface area contributed by atoms with Crippen molar-refractivity contribution in [3.63, 3.8) is 0 Å². The van der Waals surface area contributed by atoms with E-state index in [2.05, 4.69) is 0 Å². The van der Waals surface area contributed by atoms with E-state index in [4.69, 9.17) is 23.2 Å². The van der Waals surface area contributed by atoms with Crippen LogP contribution >= 0.6 is 23.2 Å². The second kappa shape index (κ2) is 5.61. The lowest BCUT2D eigenvalue weighted by Gasteiger charge is -2.28. The fourth-order valence-corrected chi connectivity index (χ4v) is 3.24. The Hall–Kier alpha value is -0.910. The average Bonchev–Trinajstić information content (AvgIpc) is 2.34. The van der Waals surface area contributed by atoms with Gasteiger partial charge in [0.1, 0.15) is 11.0 Å². The van der Waals surface area contributed by atoms with Gasteiger partial charge in [0.05, 0.1) is 6.54 Å². The highest BCUT2D eigenvalue weighted by Gasteiger charge is 2.36. The van der Waals surface area contributed by atoms with Gasteiger partial charge in [0.25, 0.3) is 0 Å². The second-order valence-electron chi connectivity index (χ2n) is 4.22. The summed E-state index contributed by atoms with van der Waals surface area (Å²) < 4.78 is 11.5. The Morgan fingerprint density at radius 1 is 1.37 bits per heavy atom. The molecule has 0 N–H and O–H groups in total. The van der Waals surface area contributed by atoms with Gasteiger partial charge < -0.3 is 0 Å². The molecule has 0 aliphatic carbocycles. The van der Waals surface area contributed by atoms with Crippen LogP contribution in [0, 0.1) is 0 Å². The van der Waals surface area contributed by atoms with E-state index in [1.54, 1.807) is 25.1 Å². The van der Waals surface area contributed by atoms with E-state index >= 15 is 0 Å². The standard InChI is InChI=1S/C12H11Cl2NO3S/c1-7-12(17)15(11(16)6-19(7)18)5-8-2-3-9(13)4-10(8)14/h2-4,7H,5-6H2,1H3. The minimum absolute atomic E-state index is 0.0786. The van der Waals surface area contributed by atoms with E-state index < -0.39 is 27.9 Å². The molecule has 1 heterocycles. The molecule has 2 rings (SSSR count). The third kappa shape index (κ3) is 2.99. The smallest absolute Gasteiger partial charge is 0.244 e. The van der Waals surface area contributed by atoms with E-state index in [0.29, 0.717) is 15.6 Å². The predicted octanol–water partition coefficient (Wildman–Crippen LogP) is 2.00. The number of hydrogen-bond acceptors (Lipinski definition) is 3. The summed E-state index contributed by atoms with van der Waals surface area (Å²) in [6, 6.07) is 4.86. The van der Waals surface area contributed by atoms with E-state index in [1.165, 1.54) is 0 Å². The van der Waals surface area contributed by atoms with Crippen molar-refractivity contribution in [1.82, 2.24) is 4.90 Å². The number of rotatable bonds is 2. The zero-order chi connectivity index (χ0) is 14.2. The van der Waals surface area contributed by atoms with Crippen LogP contribution in [0.4, 0.5) is 0 Å². The lowest BCUT2D eigenvalue weighted by molar-refractivity contribution is -0.144. The van der Waals surface area contributed by atoms with Gasteiger partial charge in [-0.2, -0.15) is 0 Å². The van der Waals surface area contributed by atoms with Crippen molar-refractivity contribution in [3.8, 4) is 0 Å². The quantitative estimate of drug-likeness (QED) is 0.783. The molecule has 1 fully saturated rings. The second-order valence-corrected chi connectivity index (χ2v) is 6.82. The van der Waals surface area contributed by atoms with Gasteiger partial charge in [-0.1, -0.05) is 29.3 Å². The summed E-state index contributed by atoms with van der Waals surface area (Å²) in [5.41, 5.74) is 0.632. The van der Waals surface area contributed by atoms with Gasteiger partial charge in [0.2, 0.25) is 11.8 Å². The molecule has 1 aromatic carbocycles. The number of benzene rings is 1. The molecule has 0 saturated carbocycles. The molecule has 4 nitrogen and oxygen atoms in total. The molecule has 0 aromatic heterocycles. The molecule has 0 radical (unpaired) electrons. The van der Waals surface area contributed by atoms with Gasteiger partial charge in [-0.15, -0.1) is 0 Å². The summed E-state index contributed by atoms with van der Waals surface area (Å²) >= 11 is 11.8. The summed E-state index contributed by atoms with van der Waals surface area (Å²) in [5, 5.41) is 0.218. The van der Waals surface area contributed by atoms with Gasteiger partial charge in [-0.25, -0.2) is 0 Å². The van der Waals surface area contributed by atoms with Crippen molar-refractivity contribution >= 4 is 45.8 Å². The Labute approximate surface area is 123 Å². The van der Waals surface area contributed by atoms with Crippen LogP contribution in [0.15, 0.2) is 18.2 Å². The van der Waals surface area contributed by atoms with E-state index in [9.17, 15) is 13.8 Å². The van der Waals surface area contributed by atoms with Crippen molar-refractivity contribution in [2.45, 2.75) is 18.7 Å². The van der Waals surface area contributed by atoms with Gasteiger partial charge in [-0.05, 0) is 24.6 Å². The van der Waals surface area contributed by atoms with Crippen molar-refractivity contribution in [1.29, 1.82) is 0 Å². The van der Waals surface area contributed by atoms with Crippen LogP contribution in [0.5, 0.6) is 0 Å². The third-order valence-electron chi connectivity index (χ3n) is 2.92. The van der Waals surface area contributed by atoms with Crippen LogP contribution in [0.25, 0.3) is 0 Å². The van der Waals surface area contributed by atoms with Crippen LogP contribution in [0.2, 0.25) is 10.0 Å². The first kappa shape index (κ1) is 14.5. The summed E-state index contributed by atoms with van der Waals surface area (Å²) in [6.07, 6.45) is 0. The molecule has 19 heavy (non-hydrogen) atoms. The molecule has 7 heteroatoms. The normalized spacial score (nSPS) is 23.8. The SMILES string of the molecule is CC1C(=O)N(Cc2ccc(Cl)cc2Cl)C(=O)CS1=O. The van der Waals surface area contributed by atoms with Gasteiger partial charge in [0.15, 0.2) is 0 Å². The van der Waals surface area contributed by atoms with Crippen LogP contribution in [0.3, 0.4) is 0 Å². The summed E-state index contributed by atoms with van der Waals surface area (Å²) in [7, 11) is -1.43. The Kier molecular flexibility index (Phi) is 4.28. The molecular formula is C12H11Cl2NO3S. The molecule has 0 spiro atoms. The first-order valence-corrected chi connectivity index (χ1v) is 7.69. The lowest BCUT2D eigenvalue weighted by Crippen LogP contribution is -2.51. The molecule has 1 aliphatic rings. The van der Waals surface area contributed by atoms with Crippen molar-refractivity contribution in [3.05, 3.63) is 33.8 Å². The number of hydrogen-bond donors (Lipinski definition) is 0. The molecule has 102 valence electrons. The first-order chi connectivity index (χ1) is 8.90. The van der Waals surface area contributed by atoms with Gasteiger partial charge >= 0.3 is 0 Å². The highest BCUT2D eigenvalue weighted by Crippen LogP contribution is 2.24. The van der Waals surface area contributed by atoms with E-state index in [1.807, 2.05) is 0 Å². The Morgan fingerprint density at radius 2 is 2.05 bits per heavy atom. The van der Waals surface area contributed by atoms with Crippen LogP contribution in [0.1, 0.15) is 12.5 Å². The van der Waals surface area contributed by atoms with Crippen LogP contribution < -0.4 is 0 Å². The maximum absolute atomic E-state index is 12.0. The number of imide groups is 1. The fraction of sp³-hybridized carbons (Fsp3) is 0.333. The Morgan fingerprint density at radius 3 is 2.68 bits per heavy atom. The maximum atomic E-state index is 12.0. The zero-order valence-electron chi connectivity index (χ0n) is 10.1. The minimum atomic E-state index is -1.43. The number of amides is 2. The fourth-order valence-electron chi connectivity index (χ4n) is 1.77. The highest BCUT2D eigenvalue weighted by atomic mass is 35.5. The van der Waals surface area contributed by atoms with Gasteiger partial charge in [-0.3, -0.25) is 18.7 Å². The van der Waals surface area contributed by atoms with Gasteiger partial charge in [0, 0.05) is 20.8 Å². The minimum Gasteiger partial charge on any atom is -0.276 e. The first-order valence-electron chi connectivity index (χ1n) is 5.55. The largest absolute Gasteiger partial charge is 0.276 e. The Balaban J connectivity index is 2.24. The summed E-state index contributed by atoms with van der Waals surface area (Å²) in [5.74, 6) is -0.994. The topological polar surface area (TPSA) is 54.5 Å². The molecule has 2 amide bonds. The predicted molar refractivity (Wildman–Crippen MR) is 74.5 cm³/mol. The lowest BCUT2D eigenvalue weighted by atomic mass is 10.2. The molecular weight excluding hydrogens is 309 g/mol. The van der Waals surface area contributed by atoms with E-state index in [0.717, 1.165) is 4.90 Å². The molecule has 1 saturated heterocycles. The molecule has 1 aromatic rings. The molecule has 0 bridgehead atoms. The zero-order valence-corrected chi connectivity index (χ0v) is 12.4. The molecule has 2 atom stereocenters. The highest BCUT2D eigenvalue weighted by molar-refractivity contribution is 7.87. The van der Waals surface area contributed by atoms with E-state index in [-0.39, 0.29) is 12.3 Å². The number of carbonyl (C=O) groups excluding carboxylic acids is 2. The number of carbonyl (C=O) groups is 2. The summed E-state index contributed by atoms with van der Waals surface area (Å²) in [4.78, 5) is 24.9. The number of nitrogens with zero attached hydrogens (tertiary/aromatic N) is 1. The van der Waals surface area contributed by atoms with Crippen molar-refractivity contribution in [2.24, 2.45) is 0 Å². The van der Waals surface area contributed by atoms with Crippen molar-refractivity contribution < 1.29 is 13.8 Å². The Bertz CT molecular complexity index is 576. The average molecular weight is 320 g/mol.